The van der Waals surface area contributed by atoms with Crippen LogP contribution in [0.4, 0.5) is 0 Å². The van der Waals surface area contributed by atoms with Gasteiger partial charge in [-0.25, -0.2) is 4.98 Å². The quantitative estimate of drug-likeness (QED) is 0.475. The molecule has 0 bridgehead atoms. The van der Waals surface area contributed by atoms with E-state index in [9.17, 15) is 5.11 Å². The van der Waals surface area contributed by atoms with Gasteiger partial charge in [0, 0.05) is 23.4 Å². The third kappa shape index (κ3) is 1.99. The Bertz CT molecular complexity index is 533. The molecule has 5 N–H and O–H groups in total. The number of hydrogen-bond donors (Lipinski definition) is 4. The van der Waals surface area contributed by atoms with Gasteiger partial charge in [0.25, 0.3) is 0 Å². The molecular formula is C12H14N4O. The minimum absolute atomic E-state index is 0.0307. The Morgan fingerprint density at radius 3 is 2.88 bits per heavy atom. The number of hydrogen-bond acceptors (Lipinski definition) is 3. The van der Waals surface area contributed by atoms with Crippen LogP contribution >= 0.6 is 0 Å². The molecule has 0 radical (unpaired) electrons. The molecular weight excluding hydrogens is 216 g/mol. The predicted octanol–water partition coefficient (Wildman–Crippen LogP) is 1.55. The van der Waals surface area contributed by atoms with Crippen molar-refractivity contribution >= 4 is 5.84 Å². The maximum atomic E-state index is 10.1. The van der Waals surface area contributed by atoms with Crippen LogP contribution in [0.25, 0.3) is 0 Å². The first-order valence-corrected chi connectivity index (χ1v) is 5.25. The number of aromatic nitrogens is 2. The van der Waals surface area contributed by atoms with Crippen molar-refractivity contribution in [2.75, 3.05) is 0 Å². The van der Waals surface area contributed by atoms with Crippen molar-refractivity contribution < 1.29 is 5.11 Å². The molecule has 1 heterocycles. The third-order valence-corrected chi connectivity index (χ3v) is 2.81. The molecule has 2 aromatic rings. The number of nitrogens with zero attached hydrogens (tertiary/aromatic N) is 1. The second-order valence-corrected chi connectivity index (χ2v) is 3.89. The lowest BCUT2D eigenvalue weighted by atomic mass is 9.95. The van der Waals surface area contributed by atoms with E-state index in [1.165, 1.54) is 0 Å². The summed E-state index contributed by atoms with van der Waals surface area (Å²) in [5, 5.41) is 17.5. The van der Waals surface area contributed by atoms with Gasteiger partial charge in [0.05, 0.1) is 11.9 Å². The van der Waals surface area contributed by atoms with Crippen molar-refractivity contribution in [1.29, 1.82) is 5.41 Å². The zero-order valence-electron chi connectivity index (χ0n) is 9.44. The Balaban J connectivity index is 2.46. The maximum absolute atomic E-state index is 10.1. The fourth-order valence-electron chi connectivity index (χ4n) is 1.80. The van der Waals surface area contributed by atoms with Gasteiger partial charge in [-0.05, 0) is 6.07 Å². The van der Waals surface area contributed by atoms with Crippen LogP contribution in [0.1, 0.15) is 29.7 Å². The first-order chi connectivity index (χ1) is 8.11. The molecule has 1 atom stereocenters. The van der Waals surface area contributed by atoms with E-state index in [2.05, 4.69) is 9.97 Å². The van der Waals surface area contributed by atoms with E-state index in [4.69, 9.17) is 11.1 Å². The minimum atomic E-state index is -0.138. The van der Waals surface area contributed by atoms with Crippen LogP contribution in [-0.2, 0) is 0 Å². The van der Waals surface area contributed by atoms with Gasteiger partial charge in [-0.1, -0.05) is 19.1 Å². The molecule has 0 spiro atoms. The topological polar surface area (TPSA) is 98.8 Å². The second-order valence-electron chi connectivity index (χ2n) is 3.89. The van der Waals surface area contributed by atoms with Crippen molar-refractivity contribution in [3.63, 3.8) is 0 Å². The van der Waals surface area contributed by atoms with E-state index in [-0.39, 0.29) is 17.5 Å². The van der Waals surface area contributed by atoms with E-state index in [1.54, 1.807) is 24.7 Å². The molecule has 1 unspecified atom stereocenters. The molecule has 0 saturated carbocycles. The summed E-state index contributed by atoms with van der Waals surface area (Å²) in [5.41, 5.74) is 7.39. The van der Waals surface area contributed by atoms with Gasteiger partial charge in [0.1, 0.15) is 11.6 Å². The smallest absolute Gasteiger partial charge is 0.130 e. The SMILES string of the molecule is CC(c1cnc[nH]1)c1cccc(C(=N)N)c1O. The van der Waals surface area contributed by atoms with Crippen molar-refractivity contribution in [3.05, 3.63) is 47.5 Å². The number of aromatic hydroxyl groups is 1. The molecule has 0 amide bonds. The summed E-state index contributed by atoms with van der Waals surface area (Å²) in [7, 11) is 0. The van der Waals surface area contributed by atoms with Crippen LogP contribution in [0.15, 0.2) is 30.7 Å². The number of benzene rings is 1. The van der Waals surface area contributed by atoms with Gasteiger partial charge in [0.15, 0.2) is 0 Å². The molecule has 5 nitrogen and oxygen atoms in total. The zero-order valence-corrected chi connectivity index (χ0v) is 9.44. The first kappa shape index (κ1) is 11.2. The van der Waals surface area contributed by atoms with E-state index in [0.717, 1.165) is 11.3 Å². The monoisotopic (exact) mass is 230 g/mol. The average Bonchev–Trinajstić information content (AvgIpc) is 2.81. The van der Waals surface area contributed by atoms with Crippen molar-refractivity contribution in [3.8, 4) is 5.75 Å². The van der Waals surface area contributed by atoms with E-state index < -0.39 is 0 Å². The molecule has 1 aromatic carbocycles. The molecule has 2 rings (SSSR count). The average molecular weight is 230 g/mol. The number of para-hydroxylation sites is 1. The van der Waals surface area contributed by atoms with Gasteiger partial charge < -0.3 is 15.8 Å². The van der Waals surface area contributed by atoms with Crippen LogP contribution in [0.2, 0.25) is 0 Å². The Hall–Kier alpha value is -2.30. The first-order valence-electron chi connectivity index (χ1n) is 5.25. The standard InChI is InChI=1S/C12H14N4O/c1-7(10-5-15-6-16-10)8-3-2-4-9(11(8)17)12(13)14/h2-7,17H,1H3,(H3,13,14)(H,15,16). The third-order valence-electron chi connectivity index (χ3n) is 2.81. The number of phenolic OH excluding ortho intramolecular Hbond substituents is 1. The Morgan fingerprint density at radius 2 is 2.29 bits per heavy atom. The Labute approximate surface area is 98.8 Å². The second kappa shape index (κ2) is 4.29. The van der Waals surface area contributed by atoms with Crippen LogP contribution < -0.4 is 5.73 Å². The summed E-state index contributed by atoms with van der Waals surface area (Å²) in [4.78, 5) is 6.96. The van der Waals surface area contributed by atoms with Gasteiger partial charge in [-0.15, -0.1) is 0 Å². The number of phenols is 1. The number of imidazole rings is 1. The highest BCUT2D eigenvalue weighted by Gasteiger charge is 2.16. The molecule has 0 aliphatic heterocycles. The number of aromatic amines is 1. The lowest BCUT2D eigenvalue weighted by molar-refractivity contribution is 0.464. The van der Waals surface area contributed by atoms with E-state index >= 15 is 0 Å². The molecule has 0 saturated heterocycles. The summed E-state index contributed by atoms with van der Waals surface area (Å²) in [5.74, 6) is -0.111. The van der Waals surface area contributed by atoms with Crippen molar-refractivity contribution in [2.45, 2.75) is 12.8 Å². The fraction of sp³-hybridized carbons (Fsp3) is 0.167. The van der Waals surface area contributed by atoms with Gasteiger partial charge >= 0.3 is 0 Å². The Morgan fingerprint density at radius 1 is 1.53 bits per heavy atom. The normalized spacial score (nSPS) is 12.3. The number of amidine groups is 1. The number of rotatable bonds is 3. The van der Waals surface area contributed by atoms with E-state index in [1.807, 2.05) is 13.0 Å². The van der Waals surface area contributed by atoms with Gasteiger partial charge in [-0.2, -0.15) is 0 Å². The highest BCUT2D eigenvalue weighted by molar-refractivity contribution is 5.97. The summed E-state index contributed by atoms with van der Waals surface area (Å²) in [6.45, 7) is 1.95. The maximum Gasteiger partial charge on any atom is 0.130 e. The van der Waals surface area contributed by atoms with Crippen LogP contribution in [0, 0.1) is 5.41 Å². The lowest BCUT2D eigenvalue weighted by Crippen LogP contribution is -2.12. The van der Waals surface area contributed by atoms with Gasteiger partial charge in [-0.3, -0.25) is 5.41 Å². The summed E-state index contributed by atoms with van der Waals surface area (Å²) >= 11 is 0. The van der Waals surface area contributed by atoms with Crippen molar-refractivity contribution in [1.82, 2.24) is 9.97 Å². The largest absolute Gasteiger partial charge is 0.507 e. The molecule has 1 aromatic heterocycles. The minimum Gasteiger partial charge on any atom is -0.507 e. The number of nitrogen functional groups attached to an aromatic ring is 1. The number of nitrogens with one attached hydrogen (secondary N) is 2. The van der Waals surface area contributed by atoms with Crippen LogP contribution in [-0.4, -0.2) is 20.9 Å². The fourth-order valence-corrected chi connectivity index (χ4v) is 1.80. The molecule has 0 fully saturated rings. The Kier molecular flexibility index (Phi) is 2.82. The highest BCUT2D eigenvalue weighted by Crippen LogP contribution is 2.32. The number of H-pyrrole nitrogens is 1. The lowest BCUT2D eigenvalue weighted by Gasteiger charge is -2.14. The van der Waals surface area contributed by atoms with Crippen LogP contribution in [0.5, 0.6) is 5.75 Å². The van der Waals surface area contributed by atoms with Crippen LogP contribution in [0.3, 0.4) is 0 Å². The molecule has 88 valence electrons. The summed E-state index contributed by atoms with van der Waals surface area (Å²) in [6, 6.07) is 5.22. The van der Waals surface area contributed by atoms with E-state index in [0.29, 0.717) is 5.56 Å². The summed E-state index contributed by atoms with van der Waals surface area (Å²) < 4.78 is 0. The highest BCUT2D eigenvalue weighted by atomic mass is 16.3. The molecule has 0 aliphatic carbocycles. The van der Waals surface area contributed by atoms with Gasteiger partial charge in [0.2, 0.25) is 0 Å². The predicted molar refractivity (Wildman–Crippen MR) is 65.2 cm³/mol. The number of nitrogens with two attached hydrogens (primary N) is 1. The van der Waals surface area contributed by atoms with Crippen molar-refractivity contribution in [2.24, 2.45) is 5.73 Å². The molecule has 0 aliphatic rings. The molecule has 5 heteroatoms. The zero-order chi connectivity index (χ0) is 12.4. The summed E-state index contributed by atoms with van der Waals surface area (Å²) in [6.07, 6.45) is 3.31. The molecule has 17 heavy (non-hydrogen) atoms.